The second-order valence-corrected chi connectivity index (χ2v) is 9.14. The highest BCUT2D eigenvalue weighted by atomic mass is 19.1. The Bertz CT molecular complexity index is 1030. The lowest BCUT2D eigenvalue weighted by molar-refractivity contribution is -0.151. The van der Waals surface area contributed by atoms with Crippen LogP contribution in [0.4, 0.5) is 13.6 Å². The van der Waals surface area contributed by atoms with Crippen LogP contribution in [-0.4, -0.2) is 54.2 Å². The van der Waals surface area contributed by atoms with E-state index >= 15 is 0 Å². The number of carbonyl (C=O) groups is 1. The lowest BCUT2D eigenvalue weighted by atomic mass is 10.1. The van der Waals surface area contributed by atoms with Gasteiger partial charge in [-0.3, -0.25) is 0 Å². The number of nitrogens with zero attached hydrogens (tertiary/aromatic N) is 2. The number of rotatable bonds is 10. The van der Waals surface area contributed by atoms with Crippen molar-refractivity contribution in [3.63, 3.8) is 0 Å². The highest BCUT2D eigenvalue weighted by Gasteiger charge is 2.25. The van der Waals surface area contributed by atoms with Gasteiger partial charge in [-0.05, 0) is 58.7 Å². The average Bonchev–Trinajstić information content (AvgIpc) is 2.80. The summed E-state index contributed by atoms with van der Waals surface area (Å²) in [5.41, 5.74) is 0.779. The van der Waals surface area contributed by atoms with Gasteiger partial charge >= 0.3 is 6.16 Å². The van der Waals surface area contributed by atoms with Crippen molar-refractivity contribution in [2.45, 2.75) is 72.2 Å². The maximum atomic E-state index is 14.7. The maximum Gasteiger partial charge on any atom is 0.528 e. The van der Waals surface area contributed by atoms with Crippen molar-refractivity contribution in [3.8, 4) is 17.4 Å². The van der Waals surface area contributed by atoms with Crippen LogP contribution in [0.15, 0.2) is 24.4 Å². The fraction of sp³-hybridized carbons (Fsp3) is 0.538. The summed E-state index contributed by atoms with van der Waals surface area (Å²) in [5.74, 6) is -0.866. The maximum absolute atomic E-state index is 14.7. The van der Waals surface area contributed by atoms with E-state index in [9.17, 15) is 13.6 Å². The van der Waals surface area contributed by atoms with Gasteiger partial charge in [0.1, 0.15) is 17.7 Å². The number of pyridine rings is 1. The molecule has 1 aromatic heterocycles. The first-order valence-corrected chi connectivity index (χ1v) is 12.2. The number of ether oxygens (including phenoxy) is 4. The third-order valence-electron chi connectivity index (χ3n) is 5.47. The van der Waals surface area contributed by atoms with Crippen molar-refractivity contribution in [3.05, 3.63) is 47.2 Å². The van der Waals surface area contributed by atoms with Crippen LogP contribution in [0.25, 0.3) is 0 Å². The van der Waals surface area contributed by atoms with E-state index in [0.29, 0.717) is 43.9 Å². The molecule has 2 aromatic rings. The Morgan fingerprint density at radius 1 is 1.08 bits per heavy atom. The van der Waals surface area contributed by atoms with Crippen LogP contribution in [0.2, 0.25) is 0 Å². The summed E-state index contributed by atoms with van der Waals surface area (Å²) in [6.45, 7) is 10.3. The summed E-state index contributed by atoms with van der Waals surface area (Å²) in [4.78, 5) is 21.0. The molecule has 198 valence electrons. The predicted molar refractivity (Wildman–Crippen MR) is 128 cm³/mol. The minimum atomic E-state index is -0.725. The molecule has 0 bridgehead atoms. The van der Waals surface area contributed by atoms with Crippen LogP contribution in [0, 0.1) is 18.6 Å². The van der Waals surface area contributed by atoms with Gasteiger partial charge in [0.15, 0.2) is 11.6 Å². The summed E-state index contributed by atoms with van der Waals surface area (Å²) in [7, 11) is 0. The van der Waals surface area contributed by atoms with E-state index in [4.69, 9.17) is 23.8 Å². The summed E-state index contributed by atoms with van der Waals surface area (Å²) < 4.78 is 51.3. The van der Waals surface area contributed by atoms with Crippen LogP contribution in [0.1, 0.15) is 51.7 Å². The molecule has 1 saturated heterocycles. The largest absolute Gasteiger partial charge is 0.528 e. The van der Waals surface area contributed by atoms with Gasteiger partial charge in [-0.15, -0.1) is 5.06 Å². The van der Waals surface area contributed by atoms with Crippen LogP contribution in [-0.2, 0) is 20.7 Å². The topological polar surface area (TPSA) is 79.4 Å². The number of hydrogen-bond donors (Lipinski definition) is 0. The lowest BCUT2D eigenvalue weighted by Crippen LogP contribution is -2.40. The summed E-state index contributed by atoms with van der Waals surface area (Å²) in [5, 5.41) is 1.55. The molecule has 10 heteroatoms. The number of aromatic nitrogens is 1. The Morgan fingerprint density at radius 2 is 1.81 bits per heavy atom. The minimum absolute atomic E-state index is 0.0125. The number of hydrogen-bond acceptors (Lipinski definition) is 8. The third-order valence-corrected chi connectivity index (χ3v) is 5.47. The van der Waals surface area contributed by atoms with Crippen molar-refractivity contribution >= 4 is 6.16 Å². The molecule has 0 spiro atoms. The molecule has 1 fully saturated rings. The average molecular weight is 509 g/mol. The zero-order valence-electron chi connectivity index (χ0n) is 21.4. The fourth-order valence-corrected chi connectivity index (χ4v) is 3.62. The highest BCUT2D eigenvalue weighted by Crippen LogP contribution is 2.33. The first-order valence-electron chi connectivity index (χ1n) is 12.2. The Morgan fingerprint density at radius 3 is 2.47 bits per heavy atom. The van der Waals surface area contributed by atoms with Gasteiger partial charge in [0, 0.05) is 38.2 Å². The molecule has 3 rings (SSSR count). The van der Waals surface area contributed by atoms with E-state index in [1.54, 1.807) is 31.9 Å². The van der Waals surface area contributed by atoms with Crippen LogP contribution in [0.5, 0.6) is 17.4 Å². The summed E-state index contributed by atoms with van der Waals surface area (Å²) in [6.07, 6.45) is 1.89. The van der Waals surface area contributed by atoms with Gasteiger partial charge in [-0.25, -0.2) is 18.6 Å². The Labute approximate surface area is 210 Å². The van der Waals surface area contributed by atoms with Gasteiger partial charge in [0.05, 0.1) is 24.4 Å². The first-order chi connectivity index (χ1) is 17.1. The van der Waals surface area contributed by atoms with Crippen LogP contribution >= 0.6 is 0 Å². The van der Waals surface area contributed by atoms with E-state index in [1.807, 2.05) is 13.8 Å². The zero-order chi connectivity index (χ0) is 26.2. The number of benzene rings is 1. The molecule has 0 aliphatic carbocycles. The van der Waals surface area contributed by atoms with E-state index in [1.165, 1.54) is 6.20 Å². The van der Waals surface area contributed by atoms with Gasteiger partial charge in [-0.1, -0.05) is 0 Å². The first kappa shape index (κ1) is 27.6. The molecule has 1 aromatic carbocycles. The monoisotopic (exact) mass is 508 g/mol. The highest BCUT2D eigenvalue weighted by molar-refractivity contribution is 5.59. The fourth-order valence-electron chi connectivity index (χ4n) is 3.62. The predicted octanol–water partition coefficient (Wildman–Crippen LogP) is 5.75. The Hall–Kier alpha value is -2.98. The number of carbonyl (C=O) groups excluding carboxylic acids is 1. The second kappa shape index (κ2) is 12.8. The van der Waals surface area contributed by atoms with Crippen molar-refractivity contribution in [1.29, 1.82) is 0 Å². The quantitative estimate of drug-likeness (QED) is 0.376. The zero-order valence-corrected chi connectivity index (χ0v) is 21.4. The SMILES string of the molecule is Cc1c(OC2CCN(OC(=O)OC(C)C)CC2)ccnc1Oc1cc(F)c(CCOC(C)C)cc1F. The normalized spacial score (nSPS) is 14.8. The number of hydroxylamine groups is 2. The molecular formula is C26H34F2N2O6. The minimum Gasteiger partial charge on any atom is -0.490 e. The van der Waals surface area contributed by atoms with Crippen molar-refractivity contribution in [2.75, 3.05) is 19.7 Å². The molecule has 0 saturated carbocycles. The van der Waals surface area contributed by atoms with E-state index in [2.05, 4.69) is 4.98 Å². The molecule has 0 unspecified atom stereocenters. The third kappa shape index (κ3) is 8.03. The molecule has 8 nitrogen and oxygen atoms in total. The lowest BCUT2D eigenvalue weighted by Gasteiger charge is -2.30. The molecule has 1 aliphatic rings. The van der Waals surface area contributed by atoms with Gasteiger partial charge in [-0.2, -0.15) is 0 Å². The molecule has 0 amide bonds. The van der Waals surface area contributed by atoms with E-state index in [0.717, 1.165) is 12.1 Å². The molecule has 0 radical (unpaired) electrons. The Balaban J connectivity index is 1.59. The number of piperidine rings is 1. The van der Waals surface area contributed by atoms with Gasteiger partial charge < -0.3 is 23.8 Å². The summed E-state index contributed by atoms with van der Waals surface area (Å²) in [6, 6.07) is 3.84. The Kier molecular flexibility index (Phi) is 9.83. The molecule has 36 heavy (non-hydrogen) atoms. The van der Waals surface area contributed by atoms with Crippen LogP contribution in [0.3, 0.4) is 0 Å². The second-order valence-electron chi connectivity index (χ2n) is 9.14. The van der Waals surface area contributed by atoms with Gasteiger partial charge in [0.2, 0.25) is 5.88 Å². The van der Waals surface area contributed by atoms with E-state index < -0.39 is 17.8 Å². The molecule has 0 N–H and O–H groups in total. The molecule has 0 atom stereocenters. The van der Waals surface area contributed by atoms with E-state index in [-0.39, 0.29) is 41.9 Å². The number of halogens is 2. The van der Waals surface area contributed by atoms with Crippen molar-refractivity contribution in [2.24, 2.45) is 0 Å². The molecular weight excluding hydrogens is 474 g/mol. The smallest absolute Gasteiger partial charge is 0.490 e. The molecule has 2 heterocycles. The van der Waals surface area contributed by atoms with Crippen molar-refractivity contribution in [1.82, 2.24) is 10.0 Å². The van der Waals surface area contributed by atoms with Crippen molar-refractivity contribution < 1.29 is 37.4 Å². The standard InChI is InChI=1S/C26H34F2N2O6/c1-16(2)32-13-9-19-14-22(28)24(15-21(19)27)35-25-18(5)23(6-10-29-25)34-20-7-11-30(12-8-20)36-26(31)33-17(3)4/h6,10,14-17,20H,7-9,11-13H2,1-5H3. The van der Waals surface area contributed by atoms with Crippen LogP contribution < -0.4 is 9.47 Å². The van der Waals surface area contributed by atoms with Gasteiger partial charge in [0.25, 0.3) is 0 Å². The summed E-state index contributed by atoms with van der Waals surface area (Å²) >= 11 is 0. The molecule has 1 aliphatic heterocycles.